The van der Waals surface area contributed by atoms with Gasteiger partial charge in [-0.1, -0.05) is 30.3 Å². The fourth-order valence-corrected chi connectivity index (χ4v) is 6.84. The largest absolute Gasteiger partial charge is 0.342 e. The number of amidine groups is 1. The van der Waals surface area contributed by atoms with Gasteiger partial charge in [-0.25, -0.2) is 0 Å². The van der Waals surface area contributed by atoms with Crippen molar-refractivity contribution in [2.75, 3.05) is 19.6 Å². The molecule has 4 fully saturated rings. The highest BCUT2D eigenvalue weighted by Crippen LogP contribution is 2.47. The summed E-state index contributed by atoms with van der Waals surface area (Å²) in [4.78, 5) is 36.4. The number of likely N-dealkylation sites (tertiary alicyclic amines) is 1. The number of hydrogen-bond acceptors (Lipinski definition) is 4. The highest BCUT2D eigenvalue weighted by Gasteiger charge is 2.57. The summed E-state index contributed by atoms with van der Waals surface area (Å²) in [7, 11) is 0. The summed E-state index contributed by atoms with van der Waals surface area (Å²) in [6, 6.07) is 15.4. The molecule has 5 aliphatic rings. The predicted octanol–water partition coefficient (Wildman–Crippen LogP) is 5.30. The quantitative estimate of drug-likeness (QED) is 0.520. The van der Waals surface area contributed by atoms with Crippen molar-refractivity contribution in [3.63, 3.8) is 0 Å². The second kappa shape index (κ2) is 8.47. The minimum Gasteiger partial charge on any atom is -0.342 e. The summed E-state index contributed by atoms with van der Waals surface area (Å²) < 4.78 is 0. The molecule has 3 saturated carbocycles. The molecule has 0 N–H and O–H groups in total. The van der Waals surface area contributed by atoms with Crippen LogP contribution in [0.2, 0.25) is 0 Å². The van der Waals surface area contributed by atoms with Crippen molar-refractivity contribution in [1.82, 2.24) is 9.80 Å². The lowest BCUT2D eigenvalue weighted by Crippen LogP contribution is -2.41. The highest BCUT2D eigenvalue weighted by molar-refractivity contribution is 8.00. The monoisotopic (exact) mass is 499 g/mol. The second-order valence-corrected chi connectivity index (χ2v) is 12.8. The molecular formula is C30H33N3O2S. The summed E-state index contributed by atoms with van der Waals surface area (Å²) >= 11 is 1.99. The normalized spacial score (nSPS) is 24.5. The summed E-state index contributed by atoms with van der Waals surface area (Å²) in [5, 5.41) is 0.793. The first kappa shape index (κ1) is 22.6. The van der Waals surface area contributed by atoms with Gasteiger partial charge in [0.15, 0.2) is 0 Å². The van der Waals surface area contributed by atoms with E-state index in [1.807, 2.05) is 21.6 Å². The fraction of sp³-hybridized carbons (Fsp3) is 0.500. The Labute approximate surface area is 217 Å². The van der Waals surface area contributed by atoms with Gasteiger partial charge in [0.05, 0.1) is 0 Å². The van der Waals surface area contributed by atoms with Crippen LogP contribution in [0.1, 0.15) is 56.1 Å². The third kappa shape index (κ3) is 4.17. The van der Waals surface area contributed by atoms with Gasteiger partial charge in [-0.05, 0) is 86.6 Å². The van der Waals surface area contributed by atoms with Gasteiger partial charge in [0.2, 0.25) is 5.91 Å². The minimum atomic E-state index is -0.517. The van der Waals surface area contributed by atoms with Crippen molar-refractivity contribution in [2.45, 2.75) is 67.6 Å². The summed E-state index contributed by atoms with van der Waals surface area (Å²) in [5.74, 6) is 1.91. The molecule has 7 rings (SSSR count). The number of carbonyl (C=O) groups is 2. The van der Waals surface area contributed by atoms with E-state index in [1.54, 1.807) is 0 Å². The SMILES string of the molecule is Cc1cc(-c2cccc(SC3CC3)c2)ccc1C1=NC2(CC2)C(=O)N1CC1CCN(C(=O)C2CC2)C1. The minimum absolute atomic E-state index is 0.165. The first-order valence-electron chi connectivity index (χ1n) is 13.6. The van der Waals surface area contributed by atoms with Gasteiger partial charge in [0.1, 0.15) is 11.4 Å². The molecule has 2 aromatic rings. The number of thioether (sulfide) groups is 1. The van der Waals surface area contributed by atoms with Crippen LogP contribution in [0.25, 0.3) is 11.1 Å². The lowest BCUT2D eigenvalue weighted by molar-refractivity contribution is -0.131. The Hall–Kier alpha value is -2.60. The van der Waals surface area contributed by atoms with Crippen LogP contribution in [0.15, 0.2) is 52.4 Å². The number of carbonyl (C=O) groups excluding carboxylic acids is 2. The number of amides is 2. The van der Waals surface area contributed by atoms with Crippen molar-refractivity contribution in [3.05, 3.63) is 53.6 Å². The molecule has 36 heavy (non-hydrogen) atoms. The first-order chi connectivity index (χ1) is 17.5. The van der Waals surface area contributed by atoms with Crippen LogP contribution >= 0.6 is 11.8 Å². The van der Waals surface area contributed by atoms with E-state index in [9.17, 15) is 9.59 Å². The Balaban J connectivity index is 1.12. The molecule has 0 bridgehead atoms. The third-order valence-electron chi connectivity index (χ3n) is 8.37. The van der Waals surface area contributed by atoms with Gasteiger partial charge >= 0.3 is 0 Å². The molecule has 186 valence electrons. The molecule has 1 spiro atoms. The zero-order valence-electron chi connectivity index (χ0n) is 20.9. The van der Waals surface area contributed by atoms with Crippen molar-refractivity contribution >= 4 is 29.4 Å². The Morgan fingerprint density at radius 3 is 2.58 bits per heavy atom. The van der Waals surface area contributed by atoms with E-state index >= 15 is 0 Å². The average Bonchev–Trinajstić information content (AvgIpc) is 3.77. The molecular weight excluding hydrogens is 466 g/mol. The van der Waals surface area contributed by atoms with Crippen LogP contribution in [0.5, 0.6) is 0 Å². The zero-order chi connectivity index (χ0) is 24.4. The standard InChI is InChI=1S/C30H33N3O2S/c1-19-15-23(22-3-2-4-25(16-22)36-24-8-9-24)7-10-26(19)27-31-30(12-13-30)29(35)33(27)18-20-11-14-32(17-20)28(34)21-5-6-21/h2-4,7,10,15-16,20-21,24H,5-6,8-9,11-14,17-18H2,1H3. The third-order valence-corrected chi connectivity index (χ3v) is 9.70. The molecule has 5 nitrogen and oxygen atoms in total. The van der Waals surface area contributed by atoms with E-state index in [1.165, 1.54) is 28.9 Å². The van der Waals surface area contributed by atoms with Gasteiger partial charge in [-0.2, -0.15) is 0 Å². The van der Waals surface area contributed by atoms with Gasteiger partial charge < -0.3 is 4.90 Å². The van der Waals surface area contributed by atoms with Crippen LogP contribution < -0.4 is 0 Å². The van der Waals surface area contributed by atoms with E-state index in [4.69, 9.17) is 4.99 Å². The second-order valence-electron chi connectivity index (χ2n) is 11.5. The molecule has 0 aromatic heterocycles. The van der Waals surface area contributed by atoms with Crippen molar-refractivity contribution in [2.24, 2.45) is 16.8 Å². The van der Waals surface area contributed by atoms with Gasteiger partial charge in [-0.15, -0.1) is 11.8 Å². The van der Waals surface area contributed by atoms with Crippen LogP contribution in [0, 0.1) is 18.8 Å². The van der Waals surface area contributed by atoms with E-state index in [0.29, 0.717) is 18.4 Å². The molecule has 6 heteroatoms. The van der Waals surface area contributed by atoms with Crippen molar-refractivity contribution in [1.29, 1.82) is 0 Å². The smallest absolute Gasteiger partial charge is 0.256 e. The van der Waals surface area contributed by atoms with Gasteiger partial charge in [0, 0.05) is 41.3 Å². The summed E-state index contributed by atoms with van der Waals surface area (Å²) in [5.41, 5.74) is 4.14. The molecule has 1 unspecified atom stereocenters. The maximum absolute atomic E-state index is 13.5. The maximum atomic E-state index is 13.5. The Kier molecular flexibility index (Phi) is 5.32. The highest BCUT2D eigenvalue weighted by atomic mass is 32.2. The molecule has 1 atom stereocenters. The van der Waals surface area contributed by atoms with Crippen LogP contribution in [0.4, 0.5) is 0 Å². The summed E-state index contributed by atoms with van der Waals surface area (Å²) in [6.45, 7) is 4.39. The molecule has 3 aliphatic carbocycles. The van der Waals surface area contributed by atoms with E-state index in [2.05, 4.69) is 49.4 Å². The van der Waals surface area contributed by atoms with Crippen molar-refractivity contribution < 1.29 is 9.59 Å². The van der Waals surface area contributed by atoms with E-state index < -0.39 is 5.54 Å². The van der Waals surface area contributed by atoms with Crippen molar-refractivity contribution in [3.8, 4) is 11.1 Å². The number of nitrogens with zero attached hydrogens (tertiary/aromatic N) is 3. The molecule has 0 radical (unpaired) electrons. The Morgan fingerprint density at radius 2 is 1.86 bits per heavy atom. The van der Waals surface area contributed by atoms with E-state index in [-0.39, 0.29) is 11.8 Å². The fourth-order valence-electron chi connectivity index (χ4n) is 5.73. The van der Waals surface area contributed by atoms with E-state index in [0.717, 1.165) is 67.4 Å². The number of aryl methyl sites for hydroxylation is 1. The lowest BCUT2D eigenvalue weighted by atomic mass is 9.98. The molecule has 1 saturated heterocycles. The number of rotatable bonds is 7. The molecule has 2 amide bonds. The van der Waals surface area contributed by atoms with Crippen LogP contribution in [-0.2, 0) is 9.59 Å². The van der Waals surface area contributed by atoms with Gasteiger partial charge in [0.25, 0.3) is 5.91 Å². The molecule has 2 heterocycles. The molecule has 2 aliphatic heterocycles. The first-order valence-corrected chi connectivity index (χ1v) is 14.5. The predicted molar refractivity (Wildman–Crippen MR) is 143 cm³/mol. The number of benzene rings is 2. The Morgan fingerprint density at radius 1 is 1.06 bits per heavy atom. The van der Waals surface area contributed by atoms with Crippen LogP contribution in [0.3, 0.4) is 0 Å². The van der Waals surface area contributed by atoms with Crippen LogP contribution in [-0.4, -0.2) is 57.9 Å². The number of aliphatic imine (C=N–C) groups is 1. The Bertz CT molecular complexity index is 1270. The zero-order valence-corrected chi connectivity index (χ0v) is 21.7. The number of hydrogen-bond donors (Lipinski definition) is 0. The topological polar surface area (TPSA) is 53.0 Å². The lowest BCUT2D eigenvalue weighted by Gasteiger charge is -2.24. The average molecular weight is 500 g/mol. The molecule has 2 aromatic carbocycles. The van der Waals surface area contributed by atoms with Gasteiger partial charge in [-0.3, -0.25) is 19.5 Å². The summed E-state index contributed by atoms with van der Waals surface area (Å²) in [6.07, 6.45) is 7.42. The maximum Gasteiger partial charge on any atom is 0.256 e.